The Balaban J connectivity index is 3.01. The summed E-state index contributed by atoms with van der Waals surface area (Å²) in [6, 6.07) is 5.32. The van der Waals surface area contributed by atoms with Crippen molar-refractivity contribution in [3.8, 4) is 0 Å². The normalized spacial score (nSPS) is 13.2. The van der Waals surface area contributed by atoms with Gasteiger partial charge in [0.25, 0.3) is 5.91 Å². The minimum Gasteiger partial charge on any atom is -0.478 e. The molecule has 0 aliphatic rings. The van der Waals surface area contributed by atoms with Crippen LogP contribution in [0.5, 0.6) is 0 Å². The maximum Gasteiger partial charge on any atom is 0.328 e. The molecule has 1 aromatic rings. The molecule has 4 heteroatoms. The summed E-state index contributed by atoms with van der Waals surface area (Å²) in [5, 5.41) is 11.7. The Kier molecular flexibility index (Phi) is 5.30. The van der Waals surface area contributed by atoms with Gasteiger partial charge >= 0.3 is 5.97 Å². The van der Waals surface area contributed by atoms with Gasteiger partial charge in [0, 0.05) is 17.7 Å². The summed E-state index contributed by atoms with van der Waals surface area (Å²) in [6.45, 7) is 9.99. The van der Waals surface area contributed by atoms with E-state index >= 15 is 0 Å². The van der Waals surface area contributed by atoms with Crippen molar-refractivity contribution >= 4 is 18.0 Å². The Labute approximate surface area is 125 Å². The molecule has 21 heavy (non-hydrogen) atoms. The third-order valence-electron chi connectivity index (χ3n) is 3.67. The lowest BCUT2D eigenvalue weighted by Crippen LogP contribution is -2.41. The van der Waals surface area contributed by atoms with Gasteiger partial charge in [0.05, 0.1) is 0 Å². The van der Waals surface area contributed by atoms with Crippen molar-refractivity contribution in [2.75, 3.05) is 0 Å². The van der Waals surface area contributed by atoms with Crippen molar-refractivity contribution in [3.05, 3.63) is 41.0 Å². The Hall–Kier alpha value is -2.10. The van der Waals surface area contributed by atoms with Crippen LogP contribution >= 0.6 is 0 Å². The summed E-state index contributed by atoms with van der Waals surface area (Å²) < 4.78 is 0. The van der Waals surface area contributed by atoms with Crippen LogP contribution in [0.1, 0.15) is 49.2 Å². The molecular formula is C17H23NO3. The van der Waals surface area contributed by atoms with Crippen molar-refractivity contribution in [3.63, 3.8) is 0 Å². The number of rotatable bonds is 4. The highest BCUT2D eigenvalue weighted by molar-refractivity contribution is 5.97. The van der Waals surface area contributed by atoms with Crippen molar-refractivity contribution in [2.45, 2.75) is 40.7 Å². The Morgan fingerprint density at radius 1 is 1.29 bits per heavy atom. The number of carbonyl (C=O) groups excluding carboxylic acids is 1. The van der Waals surface area contributed by atoms with E-state index in [1.54, 1.807) is 18.2 Å². The quantitative estimate of drug-likeness (QED) is 0.836. The number of hydrogen-bond donors (Lipinski definition) is 2. The third-order valence-corrected chi connectivity index (χ3v) is 3.67. The van der Waals surface area contributed by atoms with E-state index in [1.165, 1.54) is 6.08 Å². The fourth-order valence-corrected chi connectivity index (χ4v) is 1.73. The fourth-order valence-electron chi connectivity index (χ4n) is 1.73. The third kappa shape index (κ3) is 4.74. The van der Waals surface area contributed by atoms with Crippen molar-refractivity contribution in [1.82, 2.24) is 5.32 Å². The van der Waals surface area contributed by atoms with E-state index in [9.17, 15) is 9.59 Å². The van der Waals surface area contributed by atoms with E-state index in [4.69, 9.17) is 5.11 Å². The molecule has 0 spiro atoms. The number of amides is 1. The maximum absolute atomic E-state index is 12.4. The molecule has 0 bridgehead atoms. The average molecular weight is 289 g/mol. The molecule has 4 nitrogen and oxygen atoms in total. The smallest absolute Gasteiger partial charge is 0.328 e. The van der Waals surface area contributed by atoms with Gasteiger partial charge < -0.3 is 10.4 Å². The number of carbonyl (C=O) groups is 2. The number of carboxylic acids is 1. The summed E-state index contributed by atoms with van der Waals surface area (Å²) in [7, 11) is 0. The highest BCUT2D eigenvalue weighted by atomic mass is 16.4. The van der Waals surface area contributed by atoms with Gasteiger partial charge in [0.2, 0.25) is 0 Å². The van der Waals surface area contributed by atoms with Gasteiger partial charge in [-0.25, -0.2) is 4.79 Å². The van der Waals surface area contributed by atoms with E-state index in [0.717, 1.165) is 17.2 Å². The maximum atomic E-state index is 12.4. The van der Waals surface area contributed by atoms with Gasteiger partial charge in [-0.2, -0.15) is 0 Å². The van der Waals surface area contributed by atoms with Crippen LogP contribution in [0.4, 0.5) is 0 Å². The van der Waals surface area contributed by atoms with Gasteiger partial charge in [-0.15, -0.1) is 0 Å². The van der Waals surface area contributed by atoms with Crippen molar-refractivity contribution in [2.24, 2.45) is 5.41 Å². The Morgan fingerprint density at radius 2 is 1.90 bits per heavy atom. The second-order valence-electron chi connectivity index (χ2n) is 6.25. The molecule has 114 valence electrons. The zero-order chi connectivity index (χ0) is 16.2. The number of aliphatic carboxylic acids is 1. The predicted octanol–water partition coefficient (Wildman–Crippen LogP) is 3.26. The largest absolute Gasteiger partial charge is 0.478 e. The number of benzene rings is 1. The minimum absolute atomic E-state index is 0.0234. The molecule has 1 amide bonds. The molecule has 1 aromatic carbocycles. The van der Waals surface area contributed by atoms with E-state index in [1.807, 2.05) is 13.8 Å². The number of hydrogen-bond acceptors (Lipinski definition) is 2. The second kappa shape index (κ2) is 6.57. The molecule has 0 heterocycles. The minimum atomic E-state index is -1.01. The van der Waals surface area contributed by atoms with Crippen molar-refractivity contribution < 1.29 is 14.7 Å². The van der Waals surface area contributed by atoms with Crippen LogP contribution in [-0.2, 0) is 4.79 Å². The number of nitrogens with one attached hydrogen (secondary N) is 1. The zero-order valence-corrected chi connectivity index (χ0v) is 13.2. The molecular weight excluding hydrogens is 266 g/mol. The molecule has 1 rings (SSSR count). The summed E-state index contributed by atoms with van der Waals surface area (Å²) >= 11 is 0. The standard InChI is InChI=1S/C17H23NO3/c1-11-13(9-10-15(19)20)7-6-8-14(11)16(21)18-12(2)17(3,4)5/h6-10,12H,1-5H3,(H,18,21)(H,19,20)/b10-9+. The molecule has 0 aromatic heterocycles. The van der Waals surface area contributed by atoms with Gasteiger partial charge in [-0.3, -0.25) is 4.79 Å². The van der Waals surface area contributed by atoms with Gasteiger partial charge in [-0.1, -0.05) is 32.9 Å². The van der Waals surface area contributed by atoms with E-state index in [2.05, 4.69) is 26.1 Å². The molecule has 0 aliphatic carbocycles. The SMILES string of the molecule is Cc1c(/C=C/C(=O)O)cccc1C(=O)NC(C)C(C)(C)C. The van der Waals surface area contributed by atoms with Gasteiger partial charge in [-0.05, 0) is 42.5 Å². The number of carboxylic acid groups (broad SMARTS) is 1. The van der Waals surface area contributed by atoms with Crippen LogP contribution in [0.2, 0.25) is 0 Å². The molecule has 0 saturated carbocycles. The van der Waals surface area contributed by atoms with E-state index < -0.39 is 5.97 Å². The molecule has 2 N–H and O–H groups in total. The van der Waals surface area contributed by atoms with E-state index in [-0.39, 0.29) is 17.4 Å². The summed E-state index contributed by atoms with van der Waals surface area (Å²) in [5.74, 6) is -1.15. The molecule has 0 saturated heterocycles. The highest BCUT2D eigenvalue weighted by Crippen LogP contribution is 2.20. The molecule has 0 radical (unpaired) electrons. The lowest BCUT2D eigenvalue weighted by Gasteiger charge is -2.28. The molecule has 1 atom stereocenters. The van der Waals surface area contributed by atoms with Crippen LogP contribution in [-0.4, -0.2) is 23.0 Å². The first-order valence-corrected chi connectivity index (χ1v) is 6.94. The first-order chi connectivity index (χ1) is 9.62. The van der Waals surface area contributed by atoms with Crippen LogP contribution < -0.4 is 5.32 Å². The monoisotopic (exact) mass is 289 g/mol. The summed E-state index contributed by atoms with van der Waals surface area (Å²) in [6.07, 6.45) is 2.57. The predicted molar refractivity (Wildman–Crippen MR) is 84.2 cm³/mol. The van der Waals surface area contributed by atoms with Gasteiger partial charge in [0.1, 0.15) is 0 Å². The second-order valence-corrected chi connectivity index (χ2v) is 6.25. The lowest BCUT2D eigenvalue weighted by atomic mass is 9.87. The molecule has 1 unspecified atom stereocenters. The summed E-state index contributed by atoms with van der Waals surface area (Å²) in [4.78, 5) is 23.0. The Morgan fingerprint density at radius 3 is 2.43 bits per heavy atom. The highest BCUT2D eigenvalue weighted by Gasteiger charge is 2.22. The van der Waals surface area contributed by atoms with E-state index in [0.29, 0.717) is 5.56 Å². The van der Waals surface area contributed by atoms with Crippen LogP contribution in [0.3, 0.4) is 0 Å². The fraction of sp³-hybridized carbons (Fsp3) is 0.412. The molecule has 0 aliphatic heterocycles. The Bertz CT molecular complexity index is 568. The topological polar surface area (TPSA) is 66.4 Å². The van der Waals surface area contributed by atoms with Crippen LogP contribution in [0.15, 0.2) is 24.3 Å². The van der Waals surface area contributed by atoms with Crippen LogP contribution in [0.25, 0.3) is 6.08 Å². The van der Waals surface area contributed by atoms with Crippen LogP contribution in [0, 0.1) is 12.3 Å². The van der Waals surface area contributed by atoms with Crippen molar-refractivity contribution in [1.29, 1.82) is 0 Å². The van der Waals surface area contributed by atoms with Gasteiger partial charge in [0.15, 0.2) is 0 Å². The first-order valence-electron chi connectivity index (χ1n) is 6.94. The lowest BCUT2D eigenvalue weighted by molar-refractivity contribution is -0.131. The average Bonchev–Trinajstić information content (AvgIpc) is 2.36. The molecule has 0 fully saturated rings. The first kappa shape index (κ1) is 17.0. The zero-order valence-electron chi connectivity index (χ0n) is 13.2. The summed E-state index contributed by atoms with van der Waals surface area (Å²) in [5.41, 5.74) is 2.05.